The summed E-state index contributed by atoms with van der Waals surface area (Å²) in [7, 11) is -2.92. The van der Waals surface area contributed by atoms with Gasteiger partial charge in [-0.3, -0.25) is 9.78 Å². The third-order valence-electron chi connectivity index (χ3n) is 5.84. The summed E-state index contributed by atoms with van der Waals surface area (Å²) in [4.78, 5) is 30.4. The fourth-order valence-corrected chi connectivity index (χ4v) is 8.80. The van der Waals surface area contributed by atoms with E-state index in [9.17, 15) is 9.59 Å². The van der Waals surface area contributed by atoms with E-state index in [0.717, 1.165) is 15.9 Å². The van der Waals surface area contributed by atoms with Crippen LogP contribution in [-0.2, 0) is 18.8 Å². The third-order valence-corrected chi connectivity index (χ3v) is 10.8. The highest BCUT2D eigenvalue weighted by atomic mass is 28.4. The number of carbonyl (C=O) groups excluding carboxylic acids is 2. The first-order chi connectivity index (χ1) is 16.7. The van der Waals surface area contributed by atoms with Crippen molar-refractivity contribution in [2.45, 2.75) is 39.7 Å². The Morgan fingerprint density at radius 1 is 0.943 bits per heavy atom. The highest BCUT2D eigenvalue weighted by molar-refractivity contribution is 6.99. The van der Waals surface area contributed by atoms with Crippen LogP contribution in [0.25, 0.3) is 6.08 Å². The topological polar surface area (TPSA) is 65.5 Å². The van der Waals surface area contributed by atoms with E-state index in [1.54, 1.807) is 19.3 Å². The Kier molecular flexibility index (Phi) is 8.54. The number of hydrogen-bond acceptors (Lipinski definition) is 5. The lowest BCUT2D eigenvalue weighted by molar-refractivity contribution is -0.140. The van der Waals surface area contributed by atoms with E-state index in [-0.39, 0.29) is 23.8 Å². The van der Waals surface area contributed by atoms with E-state index in [1.165, 1.54) is 6.08 Å². The van der Waals surface area contributed by atoms with Crippen LogP contribution < -0.4 is 10.4 Å². The second-order valence-corrected chi connectivity index (χ2v) is 13.8. The molecule has 0 fully saturated rings. The first-order valence-electron chi connectivity index (χ1n) is 11.8. The van der Waals surface area contributed by atoms with Crippen LogP contribution in [0.5, 0.6) is 0 Å². The Balaban J connectivity index is 2.05. The number of pyridine rings is 1. The van der Waals surface area contributed by atoms with Gasteiger partial charge in [0.1, 0.15) is 5.57 Å². The molecule has 5 nitrogen and oxygen atoms in total. The zero-order chi connectivity index (χ0) is 25.5. The summed E-state index contributed by atoms with van der Waals surface area (Å²) < 4.78 is 11.9. The van der Waals surface area contributed by atoms with E-state index in [0.29, 0.717) is 5.56 Å². The predicted molar refractivity (Wildman–Crippen MR) is 142 cm³/mol. The van der Waals surface area contributed by atoms with Crippen LogP contribution in [0.15, 0.2) is 84.7 Å². The Morgan fingerprint density at radius 2 is 1.51 bits per heavy atom. The maximum Gasteiger partial charge on any atom is 0.341 e. The Hall–Kier alpha value is -3.35. The number of rotatable bonds is 9. The highest BCUT2D eigenvalue weighted by Crippen LogP contribution is 2.36. The molecule has 0 amide bonds. The number of nitrogens with zero attached hydrogens (tertiary/aromatic N) is 1. The molecule has 0 radical (unpaired) electrons. The molecule has 0 saturated carbocycles. The minimum Gasteiger partial charge on any atom is -0.462 e. The van der Waals surface area contributed by atoms with Crippen molar-refractivity contribution in [2.24, 2.45) is 0 Å². The fourth-order valence-electron chi connectivity index (χ4n) is 4.30. The molecule has 1 aromatic heterocycles. The highest BCUT2D eigenvalue weighted by Gasteiger charge is 2.50. The van der Waals surface area contributed by atoms with Crippen LogP contribution in [0.3, 0.4) is 0 Å². The molecule has 0 atom stereocenters. The quantitative estimate of drug-likeness (QED) is 0.146. The number of Topliss-reactive ketones (excluding diaryl/α,β-unsaturated/α-hetero) is 1. The molecule has 0 unspecified atom stereocenters. The Morgan fingerprint density at radius 3 is 2.00 bits per heavy atom. The molecule has 0 N–H and O–H groups in total. The van der Waals surface area contributed by atoms with Crippen molar-refractivity contribution in [3.05, 3.63) is 95.8 Å². The molecule has 35 heavy (non-hydrogen) atoms. The smallest absolute Gasteiger partial charge is 0.341 e. The van der Waals surface area contributed by atoms with Gasteiger partial charge in [0.25, 0.3) is 8.32 Å². The van der Waals surface area contributed by atoms with E-state index in [1.807, 2.05) is 49.4 Å². The van der Waals surface area contributed by atoms with Gasteiger partial charge >= 0.3 is 5.97 Å². The number of aromatic nitrogens is 1. The first-order valence-corrected chi connectivity index (χ1v) is 13.7. The number of ketones is 1. The van der Waals surface area contributed by atoms with Gasteiger partial charge in [-0.2, -0.15) is 0 Å². The van der Waals surface area contributed by atoms with Gasteiger partial charge in [-0.25, -0.2) is 4.79 Å². The van der Waals surface area contributed by atoms with Crippen molar-refractivity contribution in [1.29, 1.82) is 0 Å². The lowest BCUT2D eigenvalue weighted by Gasteiger charge is -2.42. The number of carbonyl (C=O) groups is 2. The number of hydrogen-bond donors (Lipinski definition) is 0. The van der Waals surface area contributed by atoms with Crippen molar-refractivity contribution in [3.8, 4) is 0 Å². The summed E-state index contributed by atoms with van der Waals surface area (Å²) in [6.45, 7) is 9.98. The van der Waals surface area contributed by atoms with Gasteiger partial charge in [0.15, 0.2) is 5.78 Å². The van der Waals surface area contributed by atoms with Gasteiger partial charge in [0.2, 0.25) is 0 Å². The molecule has 3 rings (SSSR count). The molecule has 1 heterocycles. The molecule has 2 aromatic carbocycles. The Bertz CT molecular complexity index is 1140. The molecule has 0 spiro atoms. The van der Waals surface area contributed by atoms with Crippen molar-refractivity contribution >= 4 is 36.5 Å². The van der Waals surface area contributed by atoms with Gasteiger partial charge in [-0.15, -0.1) is 0 Å². The van der Waals surface area contributed by atoms with Crippen LogP contribution in [0, 0.1) is 6.92 Å². The monoisotopic (exact) mass is 487 g/mol. The van der Waals surface area contributed by atoms with Crippen LogP contribution in [-0.4, -0.2) is 38.3 Å². The molecular weight excluding hydrogens is 454 g/mol. The lowest BCUT2D eigenvalue weighted by atomic mass is 10.1. The largest absolute Gasteiger partial charge is 0.462 e. The second-order valence-electron chi connectivity index (χ2n) is 9.45. The SMILES string of the molecule is CCOC(=O)C(=Cc1cncc(C)c1)C(=O)CO[Si](c1ccccc1)(c1ccccc1)C(C)(C)C. The van der Waals surface area contributed by atoms with Crippen LogP contribution in [0.2, 0.25) is 5.04 Å². The molecule has 182 valence electrons. The van der Waals surface area contributed by atoms with Gasteiger partial charge in [0.05, 0.1) is 13.2 Å². The van der Waals surface area contributed by atoms with E-state index in [2.05, 4.69) is 50.0 Å². The summed E-state index contributed by atoms with van der Waals surface area (Å²) in [5.41, 5.74) is 1.54. The number of ether oxygens (including phenoxy) is 1. The minimum atomic E-state index is -2.92. The van der Waals surface area contributed by atoms with Gasteiger partial charge < -0.3 is 9.16 Å². The molecule has 0 aliphatic carbocycles. The molecule has 3 aromatic rings. The second kappa shape index (κ2) is 11.4. The van der Waals surface area contributed by atoms with Crippen molar-refractivity contribution in [3.63, 3.8) is 0 Å². The molecule has 6 heteroatoms. The minimum absolute atomic E-state index is 0.0443. The van der Waals surface area contributed by atoms with E-state index < -0.39 is 20.1 Å². The van der Waals surface area contributed by atoms with Crippen LogP contribution in [0.1, 0.15) is 38.8 Å². The average Bonchev–Trinajstić information content (AvgIpc) is 2.83. The molecule has 0 saturated heterocycles. The van der Waals surface area contributed by atoms with Gasteiger partial charge in [-0.1, -0.05) is 81.4 Å². The summed E-state index contributed by atoms with van der Waals surface area (Å²) in [6.07, 6.45) is 4.87. The van der Waals surface area contributed by atoms with Crippen LogP contribution >= 0.6 is 0 Å². The number of benzene rings is 2. The van der Waals surface area contributed by atoms with Crippen molar-refractivity contribution < 1.29 is 18.8 Å². The van der Waals surface area contributed by atoms with Gasteiger partial charge in [-0.05, 0) is 52.5 Å². The summed E-state index contributed by atoms with van der Waals surface area (Å²) in [6, 6.07) is 22.0. The predicted octanol–water partition coefficient (Wildman–Crippen LogP) is 4.48. The Labute approximate surface area is 209 Å². The zero-order valence-corrected chi connectivity index (χ0v) is 22.1. The maximum absolute atomic E-state index is 13.5. The zero-order valence-electron chi connectivity index (χ0n) is 21.1. The van der Waals surface area contributed by atoms with E-state index >= 15 is 0 Å². The van der Waals surface area contributed by atoms with Crippen molar-refractivity contribution in [1.82, 2.24) is 4.98 Å². The average molecular weight is 488 g/mol. The van der Waals surface area contributed by atoms with Gasteiger partial charge in [0, 0.05) is 12.4 Å². The standard InChI is InChI=1S/C29H33NO4Si/c1-6-33-28(32)26(18-23-17-22(2)19-30-20-23)27(31)21-34-35(29(3,4)5,24-13-9-7-10-14-24)25-15-11-8-12-16-25/h7-20H,6,21H2,1-5H3. The summed E-state index contributed by atoms with van der Waals surface area (Å²) >= 11 is 0. The summed E-state index contributed by atoms with van der Waals surface area (Å²) in [5, 5.41) is 1.84. The molecule has 0 aliphatic rings. The summed E-state index contributed by atoms with van der Waals surface area (Å²) in [5.74, 6) is -1.08. The molecule has 0 bridgehead atoms. The maximum atomic E-state index is 13.5. The fraction of sp³-hybridized carbons (Fsp3) is 0.276. The number of aryl methyl sites for hydroxylation is 1. The third kappa shape index (κ3) is 6.02. The number of esters is 1. The first kappa shape index (κ1) is 26.3. The van der Waals surface area contributed by atoms with Crippen LogP contribution in [0.4, 0.5) is 0 Å². The normalized spacial score (nSPS) is 12.3. The molecule has 0 aliphatic heterocycles. The molecular formula is C29H33NO4Si. The lowest BCUT2D eigenvalue weighted by Crippen LogP contribution is -2.67. The van der Waals surface area contributed by atoms with E-state index in [4.69, 9.17) is 9.16 Å². The van der Waals surface area contributed by atoms with Crippen molar-refractivity contribution in [2.75, 3.05) is 13.2 Å².